The maximum Gasteiger partial charge on any atom is 0.315 e. The Balaban J connectivity index is 1.46. The summed E-state index contributed by atoms with van der Waals surface area (Å²) in [7, 11) is 0. The first-order chi connectivity index (χ1) is 15.1. The lowest BCUT2D eigenvalue weighted by Crippen LogP contribution is -2.35. The number of aryl methyl sites for hydroxylation is 1. The molecule has 5 nitrogen and oxygen atoms in total. The van der Waals surface area contributed by atoms with Crippen molar-refractivity contribution in [1.29, 1.82) is 5.26 Å². The highest BCUT2D eigenvalue weighted by Gasteiger charge is 2.04. The van der Waals surface area contributed by atoms with Crippen molar-refractivity contribution in [3.63, 3.8) is 0 Å². The Morgan fingerprint density at radius 3 is 2.65 bits per heavy atom. The molecule has 0 saturated carbocycles. The molecule has 0 spiro atoms. The fraction of sp³-hybridized carbons (Fsp3) is 0.154. The molecule has 0 atom stereocenters. The number of allylic oxidation sites excluding steroid dienone is 1. The van der Waals surface area contributed by atoms with E-state index < -0.39 is 0 Å². The zero-order valence-corrected chi connectivity index (χ0v) is 17.5. The van der Waals surface area contributed by atoms with E-state index in [9.17, 15) is 10.1 Å². The summed E-state index contributed by atoms with van der Waals surface area (Å²) in [5.74, 6) is 0. The third-order valence-electron chi connectivity index (χ3n) is 4.71. The fourth-order valence-corrected chi connectivity index (χ4v) is 3.05. The first-order valence-corrected chi connectivity index (χ1v) is 10.2. The number of amides is 2. The monoisotopic (exact) mass is 409 g/mol. The van der Waals surface area contributed by atoms with E-state index in [2.05, 4.69) is 46.0 Å². The normalized spacial score (nSPS) is 10.9. The summed E-state index contributed by atoms with van der Waals surface area (Å²) >= 11 is 0. The van der Waals surface area contributed by atoms with E-state index in [-0.39, 0.29) is 6.03 Å². The molecule has 1 aromatic heterocycles. The second kappa shape index (κ2) is 11.3. The van der Waals surface area contributed by atoms with E-state index >= 15 is 0 Å². The number of rotatable bonds is 8. The fourth-order valence-electron chi connectivity index (χ4n) is 3.05. The molecule has 2 N–H and O–H groups in total. The van der Waals surface area contributed by atoms with Crippen molar-refractivity contribution in [2.75, 3.05) is 6.54 Å². The second-order valence-electron chi connectivity index (χ2n) is 7.17. The SMILES string of the molecule is Cc1ccc(C[CH]NC(=O)NCCc2cccc(C=C(C#N)c3ccccn3)c2)cc1. The smallest absolute Gasteiger partial charge is 0.315 e. The van der Waals surface area contributed by atoms with E-state index in [1.807, 2.05) is 55.5 Å². The molecule has 3 aromatic rings. The van der Waals surface area contributed by atoms with Crippen LogP contribution in [0.4, 0.5) is 4.79 Å². The Kier molecular flexibility index (Phi) is 7.96. The summed E-state index contributed by atoms with van der Waals surface area (Å²) in [4.78, 5) is 16.2. The summed E-state index contributed by atoms with van der Waals surface area (Å²) in [5, 5.41) is 15.1. The molecule has 0 aliphatic rings. The number of carbonyl (C=O) groups is 1. The summed E-state index contributed by atoms with van der Waals surface area (Å²) < 4.78 is 0. The molecule has 0 bridgehead atoms. The van der Waals surface area contributed by atoms with Crippen LogP contribution in [0.2, 0.25) is 0 Å². The number of aromatic nitrogens is 1. The lowest BCUT2D eigenvalue weighted by molar-refractivity contribution is 0.243. The Bertz CT molecular complexity index is 1070. The molecule has 31 heavy (non-hydrogen) atoms. The van der Waals surface area contributed by atoms with E-state index in [4.69, 9.17) is 0 Å². The maximum atomic E-state index is 12.0. The van der Waals surface area contributed by atoms with Gasteiger partial charge in [-0.2, -0.15) is 5.26 Å². The molecular weight excluding hydrogens is 384 g/mol. The highest BCUT2D eigenvalue weighted by molar-refractivity contribution is 5.88. The van der Waals surface area contributed by atoms with Crippen molar-refractivity contribution < 1.29 is 4.79 Å². The van der Waals surface area contributed by atoms with Gasteiger partial charge < -0.3 is 10.6 Å². The van der Waals surface area contributed by atoms with Gasteiger partial charge in [0.25, 0.3) is 0 Å². The average Bonchev–Trinajstić information content (AvgIpc) is 2.80. The van der Waals surface area contributed by atoms with Crippen LogP contribution in [0, 0.1) is 24.8 Å². The minimum absolute atomic E-state index is 0.218. The number of pyridine rings is 1. The number of nitrogens with one attached hydrogen (secondary N) is 2. The first kappa shape index (κ1) is 21.8. The third kappa shape index (κ3) is 7.13. The Morgan fingerprint density at radius 2 is 1.90 bits per heavy atom. The van der Waals surface area contributed by atoms with Gasteiger partial charge in [-0.15, -0.1) is 0 Å². The second-order valence-corrected chi connectivity index (χ2v) is 7.17. The van der Waals surface area contributed by atoms with Crippen molar-refractivity contribution in [3.8, 4) is 6.07 Å². The predicted octanol–water partition coefficient (Wildman–Crippen LogP) is 4.70. The standard InChI is InChI=1S/C26H25N4O/c1-20-8-10-21(11-9-20)12-15-29-26(31)30-16-13-22-5-4-6-23(17-22)18-24(19-27)25-7-2-3-14-28-25/h2-11,14-15,17-18H,12-13,16H2,1H3,(H2,29,30,31). The number of hydrogen-bond acceptors (Lipinski definition) is 3. The van der Waals surface area contributed by atoms with Crippen molar-refractivity contribution in [2.24, 2.45) is 0 Å². The minimum atomic E-state index is -0.218. The van der Waals surface area contributed by atoms with Gasteiger partial charge in [0.15, 0.2) is 0 Å². The molecule has 0 saturated heterocycles. The topological polar surface area (TPSA) is 77.8 Å². The molecular formula is C26H25N4O. The maximum absolute atomic E-state index is 12.0. The summed E-state index contributed by atoms with van der Waals surface area (Å²) in [6, 6.07) is 23.6. The van der Waals surface area contributed by atoms with Crippen LogP contribution in [0.3, 0.4) is 0 Å². The summed E-state index contributed by atoms with van der Waals surface area (Å²) in [6.45, 7) is 4.32. The average molecular weight is 410 g/mol. The number of carbonyl (C=O) groups excluding carboxylic acids is 1. The van der Waals surface area contributed by atoms with Crippen LogP contribution < -0.4 is 10.6 Å². The van der Waals surface area contributed by atoms with E-state index in [1.165, 1.54) is 5.56 Å². The van der Waals surface area contributed by atoms with Crippen LogP contribution in [0.1, 0.15) is 27.9 Å². The van der Waals surface area contributed by atoms with Crippen LogP contribution >= 0.6 is 0 Å². The predicted molar refractivity (Wildman–Crippen MR) is 124 cm³/mol. The van der Waals surface area contributed by atoms with E-state index in [0.29, 0.717) is 30.7 Å². The van der Waals surface area contributed by atoms with Gasteiger partial charge in [-0.25, -0.2) is 4.79 Å². The van der Waals surface area contributed by atoms with Gasteiger partial charge in [0.2, 0.25) is 0 Å². The summed E-state index contributed by atoms with van der Waals surface area (Å²) in [6.07, 6.45) is 4.87. The van der Waals surface area contributed by atoms with Gasteiger partial charge in [0, 0.05) is 12.7 Å². The Hall–Kier alpha value is -3.91. The third-order valence-corrected chi connectivity index (χ3v) is 4.71. The zero-order chi connectivity index (χ0) is 21.9. The first-order valence-electron chi connectivity index (χ1n) is 10.2. The van der Waals surface area contributed by atoms with Gasteiger partial charge in [-0.3, -0.25) is 4.98 Å². The highest BCUT2D eigenvalue weighted by atomic mass is 16.2. The molecule has 155 valence electrons. The number of urea groups is 1. The van der Waals surface area contributed by atoms with Gasteiger partial charge in [0.05, 0.1) is 17.8 Å². The molecule has 0 fully saturated rings. The Labute approximate surface area is 183 Å². The van der Waals surface area contributed by atoms with Gasteiger partial charge in [-0.1, -0.05) is 60.2 Å². The molecule has 0 unspecified atom stereocenters. The zero-order valence-electron chi connectivity index (χ0n) is 17.5. The van der Waals surface area contributed by atoms with Crippen LogP contribution in [0.5, 0.6) is 0 Å². The number of nitrogens with zero attached hydrogens (tertiary/aromatic N) is 2. The molecule has 2 aromatic carbocycles. The van der Waals surface area contributed by atoms with Crippen molar-refractivity contribution in [2.45, 2.75) is 19.8 Å². The van der Waals surface area contributed by atoms with Gasteiger partial charge in [0.1, 0.15) is 6.07 Å². The lowest BCUT2D eigenvalue weighted by Gasteiger charge is -2.08. The van der Waals surface area contributed by atoms with Crippen molar-refractivity contribution in [1.82, 2.24) is 15.6 Å². The largest absolute Gasteiger partial charge is 0.338 e. The molecule has 0 aliphatic heterocycles. The number of benzene rings is 2. The van der Waals surface area contributed by atoms with Gasteiger partial charge in [-0.05, 0) is 54.7 Å². The molecule has 3 rings (SSSR count). The van der Waals surface area contributed by atoms with E-state index in [1.54, 1.807) is 12.7 Å². The quantitative estimate of drug-likeness (QED) is 0.529. The highest BCUT2D eigenvalue weighted by Crippen LogP contribution is 2.16. The molecule has 5 heteroatoms. The summed E-state index contributed by atoms with van der Waals surface area (Å²) in [5.41, 5.74) is 5.54. The van der Waals surface area contributed by atoms with Crippen molar-refractivity contribution >= 4 is 17.7 Å². The number of hydrogen-bond donors (Lipinski definition) is 2. The lowest BCUT2D eigenvalue weighted by atomic mass is 10.0. The van der Waals surface area contributed by atoms with Crippen molar-refractivity contribution in [3.05, 3.63) is 107 Å². The van der Waals surface area contributed by atoms with Gasteiger partial charge >= 0.3 is 6.03 Å². The number of nitriles is 1. The van der Waals surface area contributed by atoms with Crippen LogP contribution in [-0.4, -0.2) is 17.6 Å². The minimum Gasteiger partial charge on any atom is -0.338 e. The van der Waals surface area contributed by atoms with Crippen LogP contribution in [0.25, 0.3) is 11.6 Å². The molecule has 0 aliphatic carbocycles. The van der Waals surface area contributed by atoms with Crippen LogP contribution in [-0.2, 0) is 12.8 Å². The Morgan fingerprint density at radius 1 is 1.06 bits per heavy atom. The molecule has 1 heterocycles. The molecule has 2 amide bonds. The van der Waals surface area contributed by atoms with Crippen LogP contribution in [0.15, 0.2) is 72.9 Å². The molecule has 1 radical (unpaired) electrons. The van der Waals surface area contributed by atoms with E-state index in [0.717, 1.165) is 16.7 Å².